The standard InChI is InChI=1S/C28H30N6O4/c1-17-23(31-22(16-29-17)19-10-12-20(13-11-19)26(35)34(5)6)25-33-32-24(37-25)21-9-7-8-18(14-21)15-30-27(36)38-28(2,3)4/h7-14,16H,15H2,1-6H3,(H,30,36). The van der Waals surface area contributed by atoms with Crippen molar-refractivity contribution in [2.24, 2.45) is 0 Å². The van der Waals surface area contributed by atoms with Gasteiger partial charge >= 0.3 is 6.09 Å². The molecule has 0 aliphatic heterocycles. The molecule has 0 bridgehead atoms. The lowest BCUT2D eigenvalue weighted by atomic mass is 10.1. The van der Waals surface area contributed by atoms with Crippen LogP contribution in [0, 0.1) is 6.92 Å². The number of nitrogens with zero attached hydrogens (tertiary/aromatic N) is 5. The van der Waals surface area contributed by atoms with Gasteiger partial charge in [-0.05, 0) is 57.5 Å². The molecule has 0 saturated heterocycles. The van der Waals surface area contributed by atoms with E-state index in [0.29, 0.717) is 34.1 Å². The monoisotopic (exact) mass is 514 g/mol. The molecule has 4 rings (SSSR count). The number of amides is 2. The van der Waals surface area contributed by atoms with Crippen molar-refractivity contribution in [3.63, 3.8) is 0 Å². The molecule has 10 heteroatoms. The molecule has 0 fully saturated rings. The van der Waals surface area contributed by atoms with E-state index < -0.39 is 11.7 Å². The SMILES string of the molecule is Cc1ncc(-c2ccc(C(=O)N(C)C)cc2)nc1-c1nnc(-c2cccc(CNC(=O)OC(C)(C)C)c2)o1. The molecule has 2 heterocycles. The van der Waals surface area contributed by atoms with Gasteiger partial charge in [0.2, 0.25) is 5.89 Å². The summed E-state index contributed by atoms with van der Waals surface area (Å²) in [6, 6.07) is 14.6. The fraction of sp³-hybridized carbons (Fsp3) is 0.286. The second kappa shape index (κ2) is 10.8. The molecule has 196 valence electrons. The normalized spacial score (nSPS) is 11.2. The average molecular weight is 515 g/mol. The van der Waals surface area contributed by atoms with Gasteiger partial charge in [0.05, 0.1) is 17.6 Å². The van der Waals surface area contributed by atoms with Gasteiger partial charge in [-0.1, -0.05) is 24.3 Å². The van der Waals surface area contributed by atoms with Crippen LogP contribution < -0.4 is 5.32 Å². The Hall–Kier alpha value is -4.60. The lowest BCUT2D eigenvalue weighted by Gasteiger charge is -2.19. The van der Waals surface area contributed by atoms with Gasteiger partial charge < -0.3 is 19.4 Å². The Morgan fingerprint density at radius 2 is 1.71 bits per heavy atom. The lowest BCUT2D eigenvalue weighted by Crippen LogP contribution is -2.32. The first-order valence-electron chi connectivity index (χ1n) is 12.1. The van der Waals surface area contributed by atoms with E-state index in [2.05, 4.69) is 20.5 Å². The van der Waals surface area contributed by atoms with Gasteiger partial charge in [-0.25, -0.2) is 9.78 Å². The Kier molecular flexibility index (Phi) is 7.52. The zero-order valence-electron chi connectivity index (χ0n) is 22.3. The van der Waals surface area contributed by atoms with Gasteiger partial charge in [-0.2, -0.15) is 0 Å². The highest BCUT2D eigenvalue weighted by Gasteiger charge is 2.18. The van der Waals surface area contributed by atoms with Crippen LogP contribution in [0.15, 0.2) is 59.1 Å². The fourth-order valence-electron chi connectivity index (χ4n) is 3.57. The molecular weight excluding hydrogens is 484 g/mol. The molecule has 2 amide bonds. The van der Waals surface area contributed by atoms with Crippen LogP contribution in [0.2, 0.25) is 0 Å². The highest BCUT2D eigenvalue weighted by atomic mass is 16.6. The molecule has 0 spiro atoms. The molecule has 0 atom stereocenters. The summed E-state index contributed by atoms with van der Waals surface area (Å²) >= 11 is 0. The Bertz CT molecular complexity index is 1450. The first-order chi connectivity index (χ1) is 18.0. The Morgan fingerprint density at radius 1 is 1.00 bits per heavy atom. The van der Waals surface area contributed by atoms with Gasteiger partial charge in [-0.3, -0.25) is 9.78 Å². The van der Waals surface area contributed by atoms with Crippen LogP contribution in [0.4, 0.5) is 4.79 Å². The van der Waals surface area contributed by atoms with E-state index >= 15 is 0 Å². The number of aromatic nitrogens is 4. The predicted molar refractivity (Wildman–Crippen MR) is 142 cm³/mol. The van der Waals surface area contributed by atoms with E-state index in [-0.39, 0.29) is 18.3 Å². The van der Waals surface area contributed by atoms with Crippen LogP contribution in [0.5, 0.6) is 0 Å². The Morgan fingerprint density at radius 3 is 2.39 bits per heavy atom. The number of ether oxygens (including phenoxy) is 1. The molecule has 0 aliphatic carbocycles. The van der Waals surface area contributed by atoms with Crippen molar-refractivity contribution in [3.05, 3.63) is 71.5 Å². The number of rotatable bonds is 6. The lowest BCUT2D eigenvalue weighted by molar-refractivity contribution is 0.0523. The summed E-state index contributed by atoms with van der Waals surface area (Å²) in [4.78, 5) is 34.9. The maximum Gasteiger partial charge on any atom is 0.407 e. The first-order valence-corrected chi connectivity index (χ1v) is 12.1. The van der Waals surface area contributed by atoms with Crippen LogP contribution in [0.3, 0.4) is 0 Å². The highest BCUT2D eigenvalue weighted by Crippen LogP contribution is 2.27. The minimum atomic E-state index is -0.570. The number of carbonyl (C=O) groups excluding carboxylic acids is 2. The second-order valence-electron chi connectivity index (χ2n) is 9.93. The van der Waals surface area contributed by atoms with Gasteiger partial charge in [-0.15, -0.1) is 10.2 Å². The van der Waals surface area contributed by atoms with Crippen LogP contribution in [0.25, 0.3) is 34.3 Å². The van der Waals surface area contributed by atoms with Crippen LogP contribution >= 0.6 is 0 Å². The van der Waals surface area contributed by atoms with Crippen LogP contribution in [-0.2, 0) is 11.3 Å². The largest absolute Gasteiger partial charge is 0.444 e. The molecule has 10 nitrogen and oxygen atoms in total. The van der Waals surface area contributed by atoms with Crippen molar-refractivity contribution >= 4 is 12.0 Å². The molecule has 0 saturated carbocycles. The zero-order valence-corrected chi connectivity index (χ0v) is 22.3. The van der Waals surface area contributed by atoms with Crippen molar-refractivity contribution in [3.8, 4) is 34.3 Å². The van der Waals surface area contributed by atoms with E-state index in [1.54, 1.807) is 32.4 Å². The molecule has 2 aromatic heterocycles. The number of aryl methyl sites for hydroxylation is 1. The number of hydrogen-bond acceptors (Lipinski definition) is 8. The number of benzene rings is 2. The molecule has 0 aliphatic rings. The van der Waals surface area contributed by atoms with Crippen molar-refractivity contribution in [1.29, 1.82) is 0 Å². The maximum absolute atomic E-state index is 12.2. The summed E-state index contributed by atoms with van der Waals surface area (Å²) < 4.78 is 11.2. The van der Waals surface area contributed by atoms with Gasteiger partial charge in [0.15, 0.2) is 0 Å². The number of carbonyl (C=O) groups is 2. The number of nitrogens with one attached hydrogen (secondary N) is 1. The third-order valence-electron chi connectivity index (χ3n) is 5.43. The van der Waals surface area contributed by atoms with Crippen LogP contribution in [0.1, 0.15) is 42.4 Å². The smallest absolute Gasteiger partial charge is 0.407 e. The summed E-state index contributed by atoms with van der Waals surface area (Å²) in [7, 11) is 3.42. The van der Waals surface area contributed by atoms with Crippen molar-refractivity contribution in [2.45, 2.75) is 39.8 Å². The molecule has 4 aromatic rings. The minimum absolute atomic E-state index is 0.0738. The molecule has 38 heavy (non-hydrogen) atoms. The Labute approximate surface area is 221 Å². The average Bonchev–Trinajstić information content (AvgIpc) is 3.37. The summed E-state index contributed by atoms with van der Waals surface area (Å²) in [5.74, 6) is 0.483. The highest BCUT2D eigenvalue weighted by molar-refractivity contribution is 5.94. The van der Waals surface area contributed by atoms with E-state index in [4.69, 9.17) is 14.1 Å². The summed E-state index contributed by atoms with van der Waals surface area (Å²) in [5, 5.41) is 11.1. The molecular formula is C28H30N6O4. The summed E-state index contributed by atoms with van der Waals surface area (Å²) in [6.07, 6.45) is 1.18. The molecule has 0 unspecified atom stereocenters. The van der Waals surface area contributed by atoms with Crippen molar-refractivity contribution < 1.29 is 18.7 Å². The quantitative estimate of drug-likeness (QED) is 0.386. The Balaban J connectivity index is 1.53. The fourth-order valence-corrected chi connectivity index (χ4v) is 3.57. The second-order valence-corrected chi connectivity index (χ2v) is 9.93. The topological polar surface area (TPSA) is 123 Å². The maximum atomic E-state index is 12.2. The summed E-state index contributed by atoms with van der Waals surface area (Å²) in [6.45, 7) is 7.54. The predicted octanol–water partition coefficient (Wildman–Crippen LogP) is 4.90. The van der Waals surface area contributed by atoms with Gasteiger partial charge in [0.25, 0.3) is 11.8 Å². The van der Waals surface area contributed by atoms with Gasteiger partial charge in [0.1, 0.15) is 11.3 Å². The zero-order chi connectivity index (χ0) is 27.4. The first kappa shape index (κ1) is 26.5. The number of hydrogen-bond donors (Lipinski definition) is 1. The van der Waals surface area contributed by atoms with E-state index in [9.17, 15) is 9.59 Å². The molecule has 2 aromatic carbocycles. The molecule has 0 radical (unpaired) electrons. The minimum Gasteiger partial charge on any atom is -0.444 e. The van der Waals surface area contributed by atoms with Crippen molar-refractivity contribution in [2.75, 3.05) is 14.1 Å². The van der Waals surface area contributed by atoms with E-state index in [0.717, 1.165) is 11.1 Å². The summed E-state index contributed by atoms with van der Waals surface area (Å²) in [5.41, 5.74) is 4.10. The third-order valence-corrected chi connectivity index (χ3v) is 5.43. The van der Waals surface area contributed by atoms with E-state index in [1.165, 1.54) is 4.90 Å². The number of alkyl carbamates (subject to hydrolysis) is 1. The third kappa shape index (κ3) is 6.39. The van der Waals surface area contributed by atoms with Crippen LogP contribution in [-0.4, -0.2) is 56.8 Å². The van der Waals surface area contributed by atoms with E-state index in [1.807, 2.05) is 64.1 Å². The molecule has 1 N–H and O–H groups in total. The van der Waals surface area contributed by atoms with Gasteiger partial charge in [0, 0.05) is 37.3 Å². The van der Waals surface area contributed by atoms with Crippen molar-refractivity contribution in [1.82, 2.24) is 30.4 Å².